The number of nitrogens with zero attached hydrogens (tertiary/aromatic N) is 1. The fourth-order valence-electron chi connectivity index (χ4n) is 3.73. The standard InChI is InChI=1S/C33H69NO3/c1-28(2,3)19-25-35-31(10,11)16-22-34(23-17-32(12,13)36-26-20-29(4,5)6)24-18-33(14,15)37-27-21-30(7,8)9/h16-27H2,1-15H3. The maximum Gasteiger partial charge on any atom is 0.0638 e. The summed E-state index contributed by atoms with van der Waals surface area (Å²) in [6, 6.07) is 0. The first kappa shape index (κ1) is 36.8. The van der Waals surface area contributed by atoms with E-state index in [4.69, 9.17) is 14.2 Å². The number of rotatable bonds is 18. The van der Waals surface area contributed by atoms with E-state index in [0.29, 0.717) is 16.2 Å². The molecule has 0 aliphatic heterocycles. The van der Waals surface area contributed by atoms with Crippen LogP contribution in [0.5, 0.6) is 0 Å². The number of hydrogen-bond acceptors (Lipinski definition) is 4. The minimum atomic E-state index is -0.124. The third-order valence-electron chi connectivity index (χ3n) is 7.12. The van der Waals surface area contributed by atoms with Crippen molar-refractivity contribution in [2.24, 2.45) is 16.2 Å². The van der Waals surface area contributed by atoms with E-state index in [9.17, 15) is 0 Å². The minimum absolute atomic E-state index is 0.124. The van der Waals surface area contributed by atoms with Crippen molar-refractivity contribution < 1.29 is 14.2 Å². The molecule has 37 heavy (non-hydrogen) atoms. The molecule has 0 radical (unpaired) electrons. The first-order chi connectivity index (χ1) is 16.4. The summed E-state index contributed by atoms with van der Waals surface area (Å²) < 4.78 is 19.0. The Morgan fingerprint density at radius 1 is 0.351 bits per heavy atom. The van der Waals surface area contributed by atoms with Gasteiger partial charge < -0.3 is 19.1 Å². The van der Waals surface area contributed by atoms with Gasteiger partial charge in [-0.25, -0.2) is 0 Å². The highest BCUT2D eigenvalue weighted by atomic mass is 16.5. The third-order valence-corrected chi connectivity index (χ3v) is 7.12. The highest BCUT2D eigenvalue weighted by molar-refractivity contribution is 4.79. The highest BCUT2D eigenvalue weighted by Gasteiger charge is 2.26. The average molecular weight is 528 g/mol. The van der Waals surface area contributed by atoms with Crippen molar-refractivity contribution >= 4 is 0 Å². The molecule has 0 N–H and O–H groups in total. The molecule has 0 aliphatic carbocycles. The zero-order valence-corrected chi connectivity index (χ0v) is 28.2. The summed E-state index contributed by atoms with van der Waals surface area (Å²) in [5.74, 6) is 0. The van der Waals surface area contributed by atoms with Crippen LogP contribution in [0.25, 0.3) is 0 Å². The van der Waals surface area contributed by atoms with Crippen molar-refractivity contribution in [3.05, 3.63) is 0 Å². The fourth-order valence-corrected chi connectivity index (χ4v) is 3.73. The van der Waals surface area contributed by atoms with Crippen LogP contribution in [0, 0.1) is 16.2 Å². The molecule has 0 aromatic carbocycles. The molecule has 0 rings (SSSR count). The second kappa shape index (κ2) is 15.0. The van der Waals surface area contributed by atoms with Gasteiger partial charge in [0.25, 0.3) is 0 Å². The summed E-state index contributed by atoms with van der Waals surface area (Å²) in [6.07, 6.45) is 6.32. The second-order valence-corrected chi connectivity index (χ2v) is 16.8. The summed E-state index contributed by atoms with van der Waals surface area (Å²) in [5.41, 5.74) is 0.542. The Kier molecular flexibility index (Phi) is 14.9. The van der Waals surface area contributed by atoms with E-state index in [1.54, 1.807) is 0 Å². The lowest BCUT2D eigenvalue weighted by molar-refractivity contribution is -0.0544. The second-order valence-electron chi connectivity index (χ2n) is 16.8. The van der Waals surface area contributed by atoms with E-state index >= 15 is 0 Å². The van der Waals surface area contributed by atoms with E-state index in [0.717, 1.165) is 78.0 Å². The van der Waals surface area contributed by atoms with Crippen LogP contribution in [0.1, 0.15) is 142 Å². The molecular weight excluding hydrogens is 458 g/mol. The van der Waals surface area contributed by atoms with Gasteiger partial charge in [-0.1, -0.05) is 62.3 Å². The van der Waals surface area contributed by atoms with Gasteiger partial charge in [0.05, 0.1) is 16.8 Å². The molecule has 0 fully saturated rings. The molecule has 0 aromatic rings. The van der Waals surface area contributed by atoms with Crippen LogP contribution in [-0.4, -0.2) is 61.2 Å². The van der Waals surface area contributed by atoms with Gasteiger partial charge in [0.2, 0.25) is 0 Å². The zero-order valence-electron chi connectivity index (χ0n) is 28.2. The summed E-state index contributed by atoms with van der Waals surface area (Å²) in [5, 5.41) is 0. The van der Waals surface area contributed by atoms with Crippen LogP contribution in [0.15, 0.2) is 0 Å². The van der Waals surface area contributed by atoms with Crippen LogP contribution in [0.2, 0.25) is 0 Å². The van der Waals surface area contributed by atoms with Crippen LogP contribution in [-0.2, 0) is 14.2 Å². The Hall–Kier alpha value is -0.160. The van der Waals surface area contributed by atoms with Crippen LogP contribution in [0.4, 0.5) is 0 Å². The van der Waals surface area contributed by atoms with E-state index in [1.165, 1.54) is 0 Å². The zero-order chi connectivity index (χ0) is 29.2. The smallest absolute Gasteiger partial charge is 0.0638 e. The lowest BCUT2D eigenvalue weighted by atomic mass is 9.92. The third kappa shape index (κ3) is 23.4. The fraction of sp³-hybridized carbons (Fsp3) is 1.00. The Labute approximate surface area is 234 Å². The Bertz CT molecular complexity index is 517. The number of hydrogen-bond donors (Lipinski definition) is 0. The molecule has 0 saturated carbocycles. The molecule has 0 aliphatic rings. The van der Waals surface area contributed by atoms with Crippen LogP contribution < -0.4 is 0 Å². The first-order valence-corrected chi connectivity index (χ1v) is 15.0. The normalized spacial score (nSPS) is 14.6. The van der Waals surface area contributed by atoms with Crippen LogP contribution in [0.3, 0.4) is 0 Å². The molecule has 0 spiro atoms. The van der Waals surface area contributed by atoms with Gasteiger partial charge in [0, 0.05) is 39.5 Å². The highest BCUT2D eigenvalue weighted by Crippen LogP contribution is 2.26. The Morgan fingerprint density at radius 2 is 0.568 bits per heavy atom. The summed E-state index contributed by atoms with van der Waals surface area (Å²) >= 11 is 0. The topological polar surface area (TPSA) is 30.9 Å². The Balaban J connectivity index is 5.04. The van der Waals surface area contributed by atoms with Crippen molar-refractivity contribution in [3.8, 4) is 0 Å². The molecule has 4 nitrogen and oxygen atoms in total. The molecule has 0 heterocycles. The van der Waals surface area contributed by atoms with Gasteiger partial charge in [0.1, 0.15) is 0 Å². The molecule has 0 saturated heterocycles. The van der Waals surface area contributed by atoms with E-state index < -0.39 is 0 Å². The molecule has 0 aromatic heterocycles. The molecule has 4 heteroatoms. The van der Waals surface area contributed by atoms with Gasteiger partial charge >= 0.3 is 0 Å². The molecule has 0 unspecified atom stereocenters. The first-order valence-electron chi connectivity index (χ1n) is 15.0. The predicted molar refractivity (Wildman–Crippen MR) is 163 cm³/mol. The van der Waals surface area contributed by atoms with E-state index in [1.807, 2.05) is 0 Å². The number of ether oxygens (including phenoxy) is 3. The maximum atomic E-state index is 6.34. The van der Waals surface area contributed by atoms with Crippen LogP contribution >= 0.6 is 0 Å². The van der Waals surface area contributed by atoms with Crippen molar-refractivity contribution in [1.29, 1.82) is 0 Å². The lowest BCUT2D eigenvalue weighted by Gasteiger charge is -2.35. The van der Waals surface area contributed by atoms with E-state index in [-0.39, 0.29) is 16.8 Å². The quantitative estimate of drug-likeness (QED) is 0.178. The lowest BCUT2D eigenvalue weighted by Crippen LogP contribution is -2.40. The van der Waals surface area contributed by atoms with Gasteiger partial charge in [-0.05, 0) is 96.3 Å². The van der Waals surface area contributed by atoms with Crippen molar-refractivity contribution in [1.82, 2.24) is 4.90 Å². The molecule has 0 amide bonds. The molecule has 0 bridgehead atoms. The van der Waals surface area contributed by atoms with Crippen molar-refractivity contribution in [2.75, 3.05) is 39.5 Å². The monoisotopic (exact) mass is 528 g/mol. The van der Waals surface area contributed by atoms with Crippen molar-refractivity contribution in [2.45, 2.75) is 159 Å². The summed E-state index contributed by atoms with van der Waals surface area (Å²) in [4.78, 5) is 2.61. The van der Waals surface area contributed by atoms with Crippen molar-refractivity contribution in [3.63, 3.8) is 0 Å². The van der Waals surface area contributed by atoms with Gasteiger partial charge in [-0.3, -0.25) is 0 Å². The molecule has 0 atom stereocenters. The largest absolute Gasteiger partial charge is 0.376 e. The van der Waals surface area contributed by atoms with Gasteiger partial charge in [0.15, 0.2) is 0 Å². The molecule has 224 valence electrons. The average Bonchev–Trinajstić information content (AvgIpc) is 2.63. The van der Waals surface area contributed by atoms with Gasteiger partial charge in [-0.15, -0.1) is 0 Å². The SMILES string of the molecule is CC(C)(C)CCOC(C)(C)CCN(CCC(C)(C)OCCC(C)(C)C)CCC(C)(C)OCCC(C)(C)C. The summed E-state index contributed by atoms with van der Waals surface area (Å²) in [6.45, 7) is 39.5. The Morgan fingerprint density at radius 3 is 0.757 bits per heavy atom. The predicted octanol–water partition coefficient (Wildman–Crippen LogP) is 9.15. The summed E-state index contributed by atoms with van der Waals surface area (Å²) in [7, 11) is 0. The van der Waals surface area contributed by atoms with E-state index in [2.05, 4.69) is 109 Å². The minimum Gasteiger partial charge on any atom is -0.376 e. The maximum absolute atomic E-state index is 6.34. The molecular formula is C33H69NO3. The van der Waals surface area contributed by atoms with Gasteiger partial charge in [-0.2, -0.15) is 0 Å².